The van der Waals surface area contributed by atoms with Crippen molar-refractivity contribution in [3.63, 3.8) is 0 Å². The van der Waals surface area contributed by atoms with Crippen LogP contribution >= 0.6 is 11.8 Å². The summed E-state index contributed by atoms with van der Waals surface area (Å²) < 4.78 is 6.79. The van der Waals surface area contributed by atoms with Gasteiger partial charge in [-0.15, -0.1) is 0 Å². The summed E-state index contributed by atoms with van der Waals surface area (Å²) in [6.45, 7) is 8.75. The van der Waals surface area contributed by atoms with Crippen LogP contribution < -0.4 is 11.0 Å². The first-order valence-corrected chi connectivity index (χ1v) is 10.8. The highest BCUT2D eigenvalue weighted by Crippen LogP contribution is 2.28. The van der Waals surface area contributed by atoms with Gasteiger partial charge in [0, 0.05) is 38.0 Å². The van der Waals surface area contributed by atoms with Crippen molar-refractivity contribution in [1.82, 2.24) is 19.8 Å². The van der Waals surface area contributed by atoms with Gasteiger partial charge in [-0.05, 0) is 38.8 Å². The monoisotopic (exact) mass is 396 g/mol. The molecule has 2 rings (SSSR count). The van der Waals surface area contributed by atoms with Crippen molar-refractivity contribution in [3.8, 4) is 0 Å². The largest absolute Gasteiger partial charge is 0.383 e. The molecule has 0 aliphatic heterocycles. The lowest BCUT2D eigenvalue weighted by Gasteiger charge is -2.24. The molecule has 8 heteroatoms. The minimum atomic E-state index is -0.190. The normalized spacial score (nSPS) is 13.6. The van der Waals surface area contributed by atoms with E-state index in [2.05, 4.69) is 29.0 Å². The smallest absolute Gasteiger partial charge is 0.348 e. The summed E-state index contributed by atoms with van der Waals surface area (Å²) in [6.07, 6.45) is 4.06. The number of amides is 1. The summed E-state index contributed by atoms with van der Waals surface area (Å²) in [5, 5.41) is 3.54. The number of thioether (sulfide) groups is 1. The molecule has 0 radical (unpaired) electrons. The van der Waals surface area contributed by atoms with Crippen molar-refractivity contribution in [2.45, 2.75) is 51.1 Å². The second-order valence-electron chi connectivity index (χ2n) is 6.64. The predicted molar refractivity (Wildman–Crippen MR) is 109 cm³/mol. The molecule has 0 atom stereocenters. The van der Waals surface area contributed by atoms with Crippen LogP contribution in [0.3, 0.4) is 0 Å². The third kappa shape index (κ3) is 6.33. The molecule has 0 unspecified atom stereocenters. The van der Waals surface area contributed by atoms with E-state index in [-0.39, 0.29) is 17.3 Å². The van der Waals surface area contributed by atoms with Gasteiger partial charge in [0.15, 0.2) is 0 Å². The molecule has 1 N–H and O–H groups in total. The molecule has 0 saturated heterocycles. The zero-order chi connectivity index (χ0) is 19.6. The van der Waals surface area contributed by atoms with Gasteiger partial charge in [0.2, 0.25) is 5.91 Å². The van der Waals surface area contributed by atoms with Crippen LogP contribution in [0.5, 0.6) is 0 Å². The van der Waals surface area contributed by atoms with Gasteiger partial charge in [0.25, 0.3) is 0 Å². The Morgan fingerprint density at radius 3 is 2.74 bits per heavy atom. The first kappa shape index (κ1) is 21.9. The minimum absolute atomic E-state index is 0.0610. The fraction of sp³-hybridized carbons (Fsp3) is 0.737. The third-order valence-corrected chi connectivity index (χ3v) is 5.97. The summed E-state index contributed by atoms with van der Waals surface area (Å²) in [6, 6.07) is 0. The van der Waals surface area contributed by atoms with Crippen LogP contribution in [-0.4, -0.2) is 66.0 Å². The fourth-order valence-corrected chi connectivity index (χ4v) is 4.26. The van der Waals surface area contributed by atoms with Gasteiger partial charge in [-0.25, -0.2) is 4.79 Å². The van der Waals surface area contributed by atoms with Crippen LogP contribution in [0.2, 0.25) is 0 Å². The summed E-state index contributed by atoms with van der Waals surface area (Å²) >= 11 is 1.37. The van der Waals surface area contributed by atoms with Gasteiger partial charge in [0.05, 0.1) is 12.4 Å². The molecule has 0 bridgehead atoms. The van der Waals surface area contributed by atoms with Crippen molar-refractivity contribution >= 4 is 17.7 Å². The predicted octanol–water partition coefficient (Wildman–Crippen LogP) is 1.32. The molecule has 1 aromatic heterocycles. The van der Waals surface area contributed by atoms with Crippen molar-refractivity contribution in [2.24, 2.45) is 0 Å². The summed E-state index contributed by atoms with van der Waals surface area (Å²) in [4.78, 5) is 31.3. The Morgan fingerprint density at radius 1 is 1.30 bits per heavy atom. The topological polar surface area (TPSA) is 76.5 Å². The first-order valence-electron chi connectivity index (χ1n) is 9.84. The average Bonchev–Trinajstić information content (AvgIpc) is 2.68. The number of nitrogens with one attached hydrogen (secondary N) is 1. The van der Waals surface area contributed by atoms with E-state index in [1.54, 1.807) is 7.11 Å². The maximum atomic E-state index is 12.7. The molecule has 1 aromatic rings. The molecule has 0 saturated carbocycles. The third-order valence-electron chi connectivity index (χ3n) is 4.95. The molecule has 7 nitrogen and oxygen atoms in total. The molecule has 27 heavy (non-hydrogen) atoms. The van der Waals surface area contributed by atoms with Gasteiger partial charge in [-0.2, -0.15) is 4.98 Å². The lowest BCUT2D eigenvalue weighted by atomic mass is 9.97. The molecule has 0 fully saturated rings. The van der Waals surface area contributed by atoms with Gasteiger partial charge in [0.1, 0.15) is 5.03 Å². The molecule has 1 aliphatic carbocycles. The molecule has 1 aliphatic rings. The van der Waals surface area contributed by atoms with E-state index in [4.69, 9.17) is 4.74 Å². The number of aromatic nitrogens is 2. The first-order chi connectivity index (χ1) is 13.1. The molecule has 1 amide bonds. The van der Waals surface area contributed by atoms with Crippen molar-refractivity contribution in [1.29, 1.82) is 0 Å². The number of hydrogen-bond acceptors (Lipinski definition) is 6. The van der Waals surface area contributed by atoms with Crippen molar-refractivity contribution in [3.05, 3.63) is 21.7 Å². The Labute approximate surface area is 165 Å². The van der Waals surface area contributed by atoms with Crippen LogP contribution in [0.4, 0.5) is 0 Å². The SMILES string of the molecule is CCN(CC)CCn1c2c(c(SCC(=O)NCCOC)nc1=O)CCCC2. The van der Waals surface area contributed by atoms with Crippen LogP contribution in [-0.2, 0) is 28.9 Å². The van der Waals surface area contributed by atoms with Gasteiger partial charge in [-0.3, -0.25) is 9.36 Å². The highest BCUT2D eigenvalue weighted by atomic mass is 32.2. The van der Waals surface area contributed by atoms with Gasteiger partial charge < -0.3 is 15.0 Å². The Hall–Kier alpha value is -1.38. The second kappa shape index (κ2) is 11.5. The number of hydrogen-bond donors (Lipinski definition) is 1. The van der Waals surface area contributed by atoms with Crippen molar-refractivity contribution < 1.29 is 9.53 Å². The number of likely N-dealkylation sites (N-methyl/N-ethyl adjacent to an activating group) is 1. The zero-order valence-corrected chi connectivity index (χ0v) is 17.6. The Morgan fingerprint density at radius 2 is 2.04 bits per heavy atom. The van der Waals surface area contributed by atoms with E-state index in [0.29, 0.717) is 19.7 Å². The van der Waals surface area contributed by atoms with E-state index in [9.17, 15) is 9.59 Å². The zero-order valence-electron chi connectivity index (χ0n) is 16.8. The van der Waals surface area contributed by atoms with E-state index >= 15 is 0 Å². The molecular weight excluding hydrogens is 364 g/mol. The number of carbonyl (C=O) groups excluding carboxylic acids is 1. The maximum absolute atomic E-state index is 12.7. The number of ether oxygens (including phenoxy) is 1. The second-order valence-corrected chi connectivity index (χ2v) is 7.61. The molecule has 0 aromatic carbocycles. The number of fused-ring (bicyclic) bond motifs is 1. The number of nitrogens with zero attached hydrogens (tertiary/aromatic N) is 3. The van der Waals surface area contributed by atoms with Gasteiger partial charge >= 0.3 is 5.69 Å². The minimum Gasteiger partial charge on any atom is -0.383 e. The van der Waals surface area contributed by atoms with E-state index in [0.717, 1.165) is 61.6 Å². The van der Waals surface area contributed by atoms with E-state index < -0.39 is 0 Å². The van der Waals surface area contributed by atoms with Crippen LogP contribution in [0.1, 0.15) is 37.9 Å². The lowest BCUT2D eigenvalue weighted by molar-refractivity contribution is -0.118. The highest BCUT2D eigenvalue weighted by molar-refractivity contribution is 7.99. The van der Waals surface area contributed by atoms with Crippen LogP contribution in [0.15, 0.2) is 9.82 Å². The number of rotatable bonds is 11. The molecule has 0 spiro atoms. The standard InChI is InChI=1S/C19H32N4O3S/c1-4-22(5-2)11-12-23-16-9-7-6-8-15(16)18(21-19(23)25)27-14-17(24)20-10-13-26-3/h4-14H2,1-3H3,(H,20,24). The van der Waals surface area contributed by atoms with E-state index in [1.165, 1.54) is 11.8 Å². The average molecular weight is 397 g/mol. The fourth-order valence-electron chi connectivity index (χ4n) is 3.36. The number of methoxy groups -OCH3 is 1. The number of carbonyl (C=O) groups is 1. The molecule has 1 heterocycles. The van der Waals surface area contributed by atoms with E-state index in [1.807, 2.05) is 4.57 Å². The van der Waals surface area contributed by atoms with Crippen molar-refractivity contribution in [2.75, 3.05) is 45.6 Å². The Bertz CT molecular complexity index is 674. The Balaban J connectivity index is 2.12. The molecular formula is C19H32N4O3S. The lowest BCUT2D eigenvalue weighted by Crippen LogP contribution is -2.35. The highest BCUT2D eigenvalue weighted by Gasteiger charge is 2.21. The quantitative estimate of drug-likeness (QED) is 0.345. The van der Waals surface area contributed by atoms with Crippen LogP contribution in [0.25, 0.3) is 0 Å². The molecule has 152 valence electrons. The summed E-state index contributed by atoms with van der Waals surface area (Å²) in [7, 11) is 1.60. The Kier molecular flexibility index (Phi) is 9.30. The summed E-state index contributed by atoms with van der Waals surface area (Å²) in [5.41, 5.74) is 2.09. The van der Waals surface area contributed by atoms with Gasteiger partial charge in [-0.1, -0.05) is 25.6 Å². The maximum Gasteiger partial charge on any atom is 0.348 e. The summed E-state index contributed by atoms with van der Waals surface area (Å²) in [5.74, 6) is 0.209. The van der Waals surface area contributed by atoms with Crippen LogP contribution in [0, 0.1) is 0 Å².